The first-order valence-corrected chi connectivity index (χ1v) is 11.6. The van der Waals surface area contributed by atoms with E-state index in [1.807, 2.05) is 0 Å². The minimum atomic E-state index is -1.65. The van der Waals surface area contributed by atoms with Gasteiger partial charge in [-0.25, -0.2) is 0 Å². The van der Waals surface area contributed by atoms with Gasteiger partial charge in [-0.3, -0.25) is 19.7 Å². The lowest BCUT2D eigenvalue weighted by Gasteiger charge is -2.48. The summed E-state index contributed by atoms with van der Waals surface area (Å²) in [4.78, 5) is 34.1. The Kier molecular flexibility index (Phi) is 9.91. The van der Waals surface area contributed by atoms with Crippen LogP contribution in [0.5, 0.6) is 5.75 Å². The first-order chi connectivity index (χ1) is 18.0. The minimum absolute atomic E-state index is 0.0895. The molecule has 2 fully saturated rings. The van der Waals surface area contributed by atoms with Crippen molar-refractivity contribution in [3.63, 3.8) is 0 Å². The predicted octanol–water partition coefficient (Wildman–Crippen LogP) is -3.11. The molecule has 0 spiro atoms. The summed E-state index contributed by atoms with van der Waals surface area (Å²) in [6, 6.07) is 2.27. The topological polar surface area (TPSA) is 239 Å². The zero-order valence-corrected chi connectivity index (χ0v) is 20.4. The maximum absolute atomic E-state index is 12.1. The van der Waals surface area contributed by atoms with Crippen LogP contribution in [0.3, 0.4) is 0 Å². The number of carbonyl (C=O) groups excluding carboxylic acids is 2. The zero-order chi connectivity index (χ0) is 28.1. The largest absolute Gasteiger partial charge is 0.463 e. The van der Waals surface area contributed by atoms with Crippen LogP contribution in [0.1, 0.15) is 13.8 Å². The van der Waals surface area contributed by atoms with Gasteiger partial charge in [-0.15, -0.1) is 0 Å². The number of nitrogens with one attached hydrogen (secondary N) is 2. The normalized spacial score (nSPS) is 35.2. The number of benzene rings is 1. The highest BCUT2D eigenvalue weighted by Gasteiger charge is 2.52. The van der Waals surface area contributed by atoms with Crippen LogP contribution in [0.2, 0.25) is 0 Å². The monoisotopic (exact) mass is 545 g/mol. The van der Waals surface area contributed by atoms with Crippen LogP contribution in [0.4, 0.5) is 5.69 Å². The van der Waals surface area contributed by atoms with E-state index >= 15 is 0 Å². The van der Waals surface area contributed by atoms with Crippen molar-refractivity contribution in [2.24, 2.45) is 0 Å². The number of rotatable bonds is 9. The number of aliphatic hydroxyl groups is 5. The summed E-state index contributed by atoms with van der Waals surface area (Å²) < 4.78 is 22.9. The Hall–Kier alpha value is -2.96. The van der Waals surface area contributed by atoms with E-state index in [-0.39, 0.29) is 11.4 Å². The summed E-state index contributed by atoms with van der Waals surface area (Å²) >= 11 is 0. The maximum Gasteiger partial charge on any atom is 0.269 e. The van der Waals surface area contributed by atoms with E-state index in [0.717, 1.165) is 6.92 Å². The summed E-state index contributed by atoms with van der Waals surface area (Å²) in [6.07, 6.45) is -11.9. The molecule has 0 unspecified atom stereocenters. The molecule has 1 aromatic rings. The summed E-state index contributed by atoms with van der Waals surface area (Å²) in [5.41, 5.74) is -0.206. The average Bonchev–Trinajstić information content (AvgIpc) is 2.86. The fraction of sp³-hybridized carbons (Fsp3) is 0.636. The Bertz CT molecular complexity index is 980. The van der Waals surface area contributed by atoms with Crippen molar-refractivity contribution in [3.8, 4) is 5.75 Å². The SMILES string of the molecule is CC(=O)N[C@H]1[C@H](O[C@H]2[C@@H](O)[C@@H](CO)O[C@H](Oc3ccc([N+](=O)[O-])cc3)[C@@H]2NC(C)=O)O[C@H](CO)[C@@H](O)[C@@H]1O. The second-order valence-corrected chi connectivity index (χ2v) is 8.84. The van der Waals surface area contributed by atoms with Gasteiger partial charge in [0.1, 0.15) is 54.5 Å². The molecule has 16 nitrogen and oxygen atoms in total. The van der Waals surface area contributed by atoms with Crippen molar-refractivity contribution >= 4 is 17.5 Å². The van der Waals surface area contributed by atoms with E-state index in [9.17, 15) is 45.2 Å². The molecular weight excluding hydrogens is 514 g/mol. The number of amides is 2. The molecule has 3 rings (SSSR count). The van der Waals surface area contributed by atoms with E-state index < -0.39 is 91.2 Å². The van der Waals surface area contributed by atoms with E-state index in [2.05, 4.69) is 10.6 Å². The molecule has 2 amide bonds. The quantitative estimate of drug-likeness (QED) is 0.120. The van der Waals surface area contributed by atoms with Crippen LogP contribution in [-0.2, 0) is 23.8 Å². The van der Waals surface area contributed by atoms with Crippen molar-refractivity contribution < 1.29 is 59.0 Å². The van der Waals surface area contributed by atoms with Gasteiger partial charge in [0.15, 0.2) is 6.29 Å². The van der Waals surface area contributed by atoms with E-state index in [1.54, 1.807) is 0 Å². The highest BCUT2D eigenvalue weighted by molar-refractivity contribution is 5.73. The van der Waals surface area contributed by atoms with Crippen molar-refractivity contribution in [1.29, 1.82) is 0 Å². The Balaban J connectivity index is 1.93. The number of nitro groups is 1. The maximum atomic E-state index is 12.1. The lowest BCUT2D eigenvalue weighted by Crippen LogP contribution is -2.70. The molecule has 2 aliphatic rings. The molecule has 212 valence electrons. The molecule has 0 aliphatic carbocycles. The number of hydrogen-bond donors (Lipinski definition) is 7. The molecule has 0 bridgehead atoms. The van der Waals surface area contributed by atoms with Gasteiger partial charge in [-0.1, -0.05) is 0 Å². The van der Waals surface area contributed by atoms with Crippen LogP contribution < -0.4 is 15.4 Å². The zero-order valence-electron chi connectivity index (χ0n) is 20.4. The van der Waals surface area contributed by atoms with Crippen molar-refractivity contribution in [1.82, 2.24) is 10.6 Å². The fourth-order valence-corrected chi connectivity index (χ4v) is 4.24. The molecule has 2 heterocycles. The van der Waals surface area contributed by atoms with Gasteiger partial charge in [0, 0.05) is 26.0 Å². The van der Waals surface area contributed by atoms with Crippen LogP contribution in [-0.4, -0.2) is 117 Å². The smallest absolute Gasteiger partial charge is 0.269 e. The minimum Gasteiger partial charge on any atom is -0.463 e. The van der Waals surface area contributed by atoms with Crippen LogP contribution >= 0.6 is 0 Å². The Labute approximate surface area is 216 Å². The average molecular weight is 545 g/mol. The Morgan fingerprint density at radius 2 is 1.42 bits per heavy atom. The Morgan fingerprint density at radius 3 is 1.95 bits per heavy atom. The molecule has 0 aromatic heterocycles. The number of nitrogens with zero attached hydrogens (tertiary/aromatic N) is 1. The van der Waals surface area contributed by atoms with Gasteiger partial charge in [0.2, 0.25) is 18.1 Å². The van der Waals surface area contributed by atoms with Gasteiger partial charge in [-0.2, -0.15) is 0 Å². The molecule has 7 N–H and O–H groups in total. The van der Waals surface area contributed by atoms with E-state index in [1.165, 1.54) is 31.2 Å². The number of hydrogen-bond acceptors (Lipinski definition) is 13. The number of ether oxygens (including phenoxy) is 4. The molecule has 0 saturated carbocycles. The van der Waals surface area contributed by atoms with Gasteiger partial charge in [-0.05, 0) is 12.1 Å². The lowest BCUT2D eigenvalue weighted by molar-refractivity contribution is -0.384. The van der Waals surface area contributed by atoms with Gasteiger partial charge >= 0.3 is 0 Å². The molecule has 10 atom stereocenters. The van der Waals surface area contributed by atoms with E-state index in [4.69, 9.17) is 18.9 Å². The van der Waals surface area contributed by atoms with Crippen LogP contribution in [0.25, 0.3) is 0 Å². The molecule has 38 heavy (non-hydrogen) atoms. The van der Waals surface area contributed by atoms with E-state index in [0.29, 0.717) is 0 Å². The van der Waals surface area contributed by atoms with Crippen molar-refractivity contribution in [2.45, 2.75) is 75.1 Å². The predicted molar refractivity (Wildman–Crippen MR) is 123 cm³/mol. The number of non-ortho nitro benzene ring substituents is 1. The third kappa shape index (κ3) is 6.72. The molecule has 1 aromatic carbocycles. The summed E-state index contributed by atoms with van der Waals surface area (Å²) in [6.45, 7) is 0.883. The molecule has 0 radical (unpaired) electrons. The van der Waals surface area contributed by atoms with Crippen LogP contribution in [0.15, 0.2) is 24.3 Å². The van der Waals surface area contributed by atoms with Crippen molar-refractivity contribution in [3.05, 3.63) is 34.4 Å². The summed E-state index contributed by atoms with van der Waals surface area (Å²) in [5.74, 6) is -1.11. The molecule has 2 saturated heterocycles. The fourth-order valence-electron chi connectivity index (χ4n) is 4.24. The second kappa shape index (κ2) is 12.7. The highest BCUT2D eigenvalue weighted by atomic mass is 16.7. The lowest BCUT2D eigenvalue weighted by atomic mass is 9.94. The van der Waals surface area contributed by atoms with Gasteiger partial charge in [0.25, 0.3) is 5.69 Å². The summed E-state index contributed by atoms with van der Waals surface area (Å²) in [5, 5.41) is 67.0. The third-order valence-corrected chi connectivity index (χ3v) is 6.07. The van der Waals surface area contributed by atoms with Crippen LogP contribution in [0, 0.1) is 10.1 Å². The number of aliphatic hydroxyl groups excluding tert-OH is 5. The second-order valence-electron chi connectivity index (χ2n) is 8.84. The number of carbonyl (C=O) groups is 2. The molecule has 16 heteroatoms. The molecular formula is C22H31N3O13. The van der Waals surface area contributed by atoms with Gasteiger partial charge in [0.05, 0.1) is 18.1 Å². The number of nitro benzene ring substituents is 1. The third-order valence-electron chi connectivity index (χ3n) is 6.07. The summed E-state index contributed by atoms with van der Waals surface area (Å²) in [7, 11) is 0. The highest BCUT2D eigenvalue weighted by Crippen LogP contribution is 2.31. The first-order valence-electron chi connectivity index (χ1n) is 11.6. The Morgan fingerprint density at radius 1 is 0.895 bits per heavy atom. The first kappa shape index (κ1) is 29.6. The molecule has 2 aliphatic heterocycles. The van der Waals surface area contributed by atoms with Crippen molar-refractivity contribution in [2.75, 3.05) is 13.2 Å². The van der Waals surface area contributed by atoms with Gasteiger partial charge < -0.3 is 55.1 Å². The standard InChI is InChI=1S/C22H31N3O13/c1-9(28)23-15-19(32)17(30)13(7-26)36-21(15)38-20-16(24-10(2)29)22(37-14(8-27)18(20)31)35-12-5-3-11(4-6-12)25(33)34/h3-6,13-22,26-27,30-32H,7-8H2,1-2H3,(H,23,28)(H,24,29)/t13-,14-,15-,16-,17-,18+,19-,20-,21+,22+/m1/s1.